The van der Waals surface area contributed by atoms with Crippen molar-refractivity contribution in [3.8, 4) is 11.5 Å². The normalized spacial score (nSPS) is 19.6. The molecule has 2 N–H and O–H groups in total. The van der Waals surface area contributed by atoms with Gasteiger partial charge in [-0.1, -0.05) is 31.9 Å². The Balaban J connectivity index is 1.30. The van der Waals surface area contributed by atoms with E-state index in [0.29, 0.717) is 25.4 Å². The van der Waals surface area contributed by atoms with Gasteiger partial charge in [-0.3, -0.25) is 14.5 Å². The molecule has 1 aromatic carbocycles. The van der Waals surface area contributed by atoms with E-state index in [9.17, 15) is 9.59 Å². The van der Waals surface area contributed by atoms with E-state index in [2.05, 4.69) is 22.5 Å². The Morgan fingerprint density at radius 2 is 1.86 bits per heavy atom. The lowest BCUT2D eigenvalue weighted by atomic mass is 9.96. The number of hydrogen-bond acceptors (Lipinski definition) is 5. The lowest BCUT2D eigenvalue weighted by Crippen LogP contribution is -2.47. The topological polar surface area (TPSA) is 79.9 Å². The van der Waals surface area contributed by atoms with Crippen LogP contribution in [0.2, 0.25) is 0 Å². The van der Waals surface area contributed by atoms with Gasteiger partial charge in [0, 0.05) is 12.5 Å². The highest BCUT2D eigenvalue weighted by Gasteiger charge is 2.26. The molecule has 2 aliphatic heterocycles. The number of likely N-dealkylation sites (tertiary alicyclic amines) is 1. The Kier molecular flexibility index (Phi) is 8.16. The molecule has 1 unspecified atom stereocenters. The maximum Gasteiger partial charge on any atom is 0.234 e. The number of hydrogen-bond donors (Lipinski definition) is 2. The van der Waals surface area contributed by atoms with Crippen molar-refractivity contribution in [2.45, 2.75) is 45.1 Å². The third-order valence-corrected chi connectivity index (χ3v) is 5.50. The summed E-state index contributed by atoms with van der Waals surface area (Å²) in [7, 11) is 0. The van der Waals surface area contributed by atoms with E-state index in [0.717, 1.165) is 57.5 Å². The smallest absolute Gasteiger partial charge is 0.234 e. The molecular weight excluding hydrogens is 370 g/mol. The van der Waals surface area contributed by atoms with Crippen LogP contribution >= 0.6 is 0 Å². The zero-order chi connectivity index (χ0) is 20.5. The van der Waals surface area contributed by atoms with Gasteiger partial charge in [-0.25, -0.2) is 0 Å². The summed E-state index contributed by atoms with van der Waals surface area (Å²) < 4.78 is 11.5. The summed E-state index contributed by atoms with van der Waals surface area (Å²) in [6, 6.07) is 7.55. The van der Waals surface area contributed by atoms with Crippen molar-refractivity contribution < 1.29 is 19.1 Å². The maximum absolute atomic E-state index is 12.3. The lowest BCUT2D eigenvalue weighted by Gasteiger charge is -2.31. The minimum absolute atomic E-state index is 0.0186. The molecule has 1 fully saturated rings. The van der Waals surface area contributed by atoms with Gasteiger partial charge in [0.05, 0.1) is 13.1 Å². The number of fused-ring (bicyclic) bond motifs is 1. The number of nitrogens with one attached hydrogen (secondary N) is 2. The molecule has 1 saturated heterocycles. The van der Waals surface area contributed by atoms with Gasteiger partial charge < -0.3 is 20.1 Å². The number of piperidine rings is 1. The number of ether oxygens (including phenoxy) is 2. The second-order valence-electron chi connectivity index (χ2n) is 7.85. The lowest BCUT2D eigenvalue weighted by molar-refractivity contribution is -0.126. The van der Waals surface area contributed by atoms with Crippen LogP contribution in [0.25, 0.3) is 0 Å². The molecule has 160 valence electrons. The molecule has 7 nitrogen and oxygen atoms in total. The van der Waals surface area contributed by atoms with Crippen LogP contribution in [0.3, 0.4) is 0 Å². The summed E-state index contributed by atoms with van der Waals surface area (Å²) in [6.45, 7) is 5.68. The first kappa shape index (κ1) is 21.4. The fourth-order valence-electron chi connectivity index (χ4n) is 3.73. The molecule has 2 aliphatic rings. The average molecular weight is 404 g/mol. The van der Waals surface area contributed by atoms with Gasteiger partial charge in [0.1, 0.15) is 12.7 Å². The van der Waals surface area contributed by atoms with Gasteiger partial charge >= 0.3 is 0 Å². The van der Waals surface area contributed by atoms with Crippen LogP contribution in [0.1, 0.15) is 39.0 Å². The summed E-state index contributed by atoms with van der Waals surface area (Å²) >= 11 is 0. The number of rotatable bonds is 9. The summed E-state index contributed by atoms with van der Waals surface area (Å²) in [4.78, 5) is 26.6. The van der Waals surface area contributed by atoms with Crippen molar-refractivity contribution in [3.63, 3.8) is 0 Å². The number of carbonyl (C=O) groups excluding carboxylic acids is 2. The van der Waals surface area contributed by atoms with Gasteiger partial charge in [0.2, 0.25) is 11.8 Å². The molecule has 29 heavy (non-hydrogen) atoms. The largest absolute Gasteiger partial charge is 0.486 e. The first-order valence-corrected chi connectivity index (χ1v) is 10.8. The van der Waals surface area contributed by atoms with Gasteiger partial charge in [0.25, 0.3) is 0 Å². The second kappa shape index (κ2) is 11.0. The number of nitrogens with zero attached hydrogens (tertiary/aromatic N) is 1. The van der Waals surface area contributed by atoms with Gasteiger partial charge in [0.15, 0.2) is 11.5 Å². The van der Waals surface area contributed by atoms with E-state index < -0.39 is 0 Å². The zero-order valence-electron chi connectivity index (χ0n) is 17.3. The predicted molar refractivity (Wildman–Crippen MR) is 111 cm³/mol. The van der Waals surface area contributed by atoms with E-state index in [1.807, 2.05) is 24.3 Å². The number of benzene rings is 1. The molecule has 0 aliphatic carbocycles. The summed E-state index contributed by atoms with van der Waals surface area (Å²) in [5, 5.41) is 5.98. The third-order valence-electron chi connectivity index (χ3n) is 5.50. The molecule has 0 spiro atoms. The van der Waals surface area contributed by atoms with Crippen molar-refractivity contribution in [2.75, 3.05) is 39.3 Å². The van der Waals surface area contributed by atoms with Crippen LogP contribution in [0.15, 0.2) is 24.3 Å². The molecule has 2 heterocycles. The van der Waals surface area contributed by atoms with Gasteiger partial charge in [-0.15, -0.1) is 0 Å². The average Bonchev–Trinajstić information content (AvgIpc) is 2.75. The third kappa shape index (κ3) is 6.63. The minimum atomic E-state index is -0.184. The molecule has 0 aromatic heterocycles. The van der Waals surface area contributed by atoms with E-state index in [4.69, 9.17) is 9.47 Å². The molecule has 0 bridgehead atoms. The minimum Gasteiger partial charge on any atom is -0.486 e. The highest BCUT2D eigenvalue weighted by molar-refractivity contribution is 5.79. The molecule has 3 rings (SSSR count). The van der Waals surface area contributed by atoms with Crippen LogP contribution in [0, 0.1) is 5.92 Å². The fourth-order valence-corrected chi connectivity index (χ4v) is 3.73. The summed E-state index contributed by atoms with van der Waals surface area (Å²) in [5.41, 5.74) is 0. The van der Waals surface area contributed by atoms with Crippen LogP contribution < -0.4 is 20.1 Å². The summed E-state index contributed by atoms with van der Waals surface area (Å²) in [5.74, 6) is 1.68. The Labute approximate surface area is 173 Å². The molecule has 2 amide bonds. The first-order chi connectivity index (χ1) is 14.2. The highest BCUT2D eigenvalue weighted by atomic mass is 16.6. The van der Waals surface area contributed by atoms with Crippen LogP contribution in [-0.4, -0.2) is 62.1 Å². The van der Waals surface area contributed by atoms with E-state index in [1.165, 1.54) is 0 Å². The number of unbranched alkanes of at least 4 members (excludes halogenated alkanes) is 2. The molecule has 0 saturated carbocycles. The highest BCUT2D eigenvalue weighted by Crippen LogP contribution is 2.30. The maximum atomic E-state index is 12.3. The first-order valence-electron chi connectivity index (χ1n) is 10.8. The van der Waals surface area contributed by atoms with Crippen LogP contribution in [0.4, 0.5) is 0 Å². The zero-order valence-corrected chi connectivity index (χ0v) is 17.3. The Hall–Kier alpha value is -2.28. The standard InChI is InChI=1S/C22H33N3O4/c1-2-3-6-11-23-22(27)17-9-12-25(13-10-17)15-21(26)24-14-18-16-28-19-7-4-5-8-20(19)29-18/h4-5,7-8,17-18H,2-3,6,9-16H2,1H3,(H,23,27)(H,24,26). The Morgan fingerprint density at radius 1 is 1.10 bits per heavy atom. The second-order valence-corrected chi connectivity index (χ2v) is 7.85. The van der Waals surface area contributed by atoms with E-state index in [1.54, 1.807) is 0 Å². The molecule has 1 aromatic rings. The number of para-hydroxylation sites is 2. The molecule has 0 radical (unpaired) electrons. The van der Waals surface area contributed by atoms with Crippen LogP contribution in [-0.2, 0) is 9.59 Å². The quantitative estimate of drug-likeness (QED) is 0.616. The van der Waals surface area contributed by atoms with Crippen molar-refractivity contribution >= 4 is 11.8 Å². The van der Waals surface area contributed by atoms with E-state index in [-0.39, 0.29) is 23.8 Å². The monoisotopic (exact) mass is 403 g/mol. The van der Waals surface area contributed by atoms with Gasteiger partial charge in [-0.05, 0) is 44.5 Å². The van der Waals surface area contributed by atoms with E-state index >= 15 is 0 Å². The molecule has 7 heteroatoms. The number of carbonyl (C=O) groups is 2. The van der Waals surface area contributed by atoms with Gasteiger partial charge in [-0.2, -0.15) is 0 Å². The van der Waals surface area contributed by atoms with Crippen molar-refractivity contribution in [2.24, 2.45) is 5.92 Å². The fraction of sp³-hybridized carbons (Fsp3) is 0.636. The molecule has 1 atom stereocenters. The SMILES string of the molecule is CCCCCNC(=O)C1CCN(CC(=O)NCC2COc3ccccc3O2)CC1. The van der Waals surface area contributed by atoms with Crippen LogP contribution in [0.5, 0.6) is 11.5 Å². The molecular formula is C22H33N3O4. The Morgan fingerprint density at radius 3 is 2.62 bits per heavy atom. The van der Waals surface area contributed by atoms with Crippen molar-refractivity contribution in [1.82, 2.24) is 15.5 Å². The van der Waals surface area contributed by atoms with Crippen molar-refractivity contribution in [3.05, 3.63) is 24.3 Å². The number of amides is 2. The van der Waals surface area contributed by atoms with Crippen molar-refractivity contribution in [1.29, 1.82) is 0 Å². The summed E-state index contributed by atoms with van der Waals surface area (Å²) in [6.07, 6.45) is 4.78. The Bertz CT molecular complexity index is 674. The predicted octanol–water partition coefficient (Wildman–Crippen LogP) is 1.96.